The highest BCUT2D eigenvalue weighted by atomic mass is 32.2. The molecule has 1 aromatic heterocycles. The molecule has 1 aliphatic heterocycles. The molecule has 7 nitrogen and oxygen atoms in total. The highest BCUT2D eigenvalue weighted by molar-refractivity contribution is 7.99. The van der Waals surface area contributed by atoms with Crippen molar-refractivity contribution in [1.29, 1.82) is 0 Å². The van der Waals surface area contributed by atoms with Crippen molar-refractivity contribution in [2.75, 3.05) is 17.9 Å². The number of ether oxygens (including phenoxy) is 2. The Morgan fingerprint density at radius 1 is 1.14 bits per heavy atom. The predicted molar refractivity (Wildman–Crippen MR) is 101 cm³/mol. The van der Waals surface area contributed by atoms with E-state index in [-0.39, 0.29) is 30.6 Å². The van der Waals surface area contributed by atoms with Crippen molar-refractivity contribution in [1.82, 2.24) is 14.9 Å². The van der Waals surface area contributed by atoms with Crippen LogP contribution < -0.4 is 14.5 Å². The van der Waals surface area contributed by atoms with Crippen LogP contribution in [0.2, 0.25) is 0 Å². The number of methoxy groups -OCH3 is 1. The van der Waals surface area contributed by atoms with E-state index in [1.807, 2.05) is 0 Å². The summed E-state index contributed by atoms with van der Waals surface area (Å²) >= 11 is 1.31. The smallest absolute Gasteiger partial charge is 0.252 e. The summed E-state index contributed by atoms with van der Waals surface area (Å²) in [4.78, 5) is 12.5. The molecule has 0 saturated heterocycles. The van der Waals surface area contributed by atoms with Gasteiger partial charge >= 0.3 is 0 Å². The first-order valence-electron chi connectivity index (χ1n) is 8.53. The lowest BCUT2D eigenvalue weighted by Gasteiger charge is -2.29. The van der Waals surface area contributed by atoms with E-state index in [2.05, 4.69) is 10.2 Å². The van der Waals surface area contributed by atoms with E-state index in [1.54, 1.807) is 48.2 Å². The largest absolute Gasteiger partial charge is 0.497 e. The van der Waals surface area contributed by atoms with Gasteiger partial charge in [-0.05, 0) is 42.0 Å². The molecule has 0 saturated carbocycles. The zero-order valence-corrected chi connectivity index (χ0v) is 15.9. The van der Waals surface area contributed by atoms with Crippen molar-refractivity contribution < 1.29 is 18.7 Å². The molecule has 0 spiro atoms. The number of nitrogens with zero attached hydrogens (tertiary/aromatic N) is 4. The average Bonchev–Trinajstić information content (AvgIpc) is 3.12. The van der Waals surface area contributed by atoms with Crippen LogP contribution in [0.15, 0.2) is 53.7 Å². The van der Waals surface area contributed by atoms with Crippen molar-refractivity contribution in [3.05, 3.63) is 65.7 Å². The van der Waals surface area contributed by atoms with Crippen LogP contribution in [0.1, 0.15) is 11.4 Å². The van der Waals surface area contributed by atoms with Crippen LogP contribution in [0, 0.1) is 5.82 Å². The molecule has 0 aliphatic carbocycles. The third kappa shape index (κ3) is 3.79. The fraction of sp³-hybridized carbons (Fsp3) is 0.211. The van der Waals surface area contributed by atoms with E-state index >= 15 is 0 Å². The fourth-order valence-electron chi connectivity index (χ4n) is 2.82. The van der Waals surface area contributed by atoms with Crippen LogP contribution in [0.5, 0.6) is 11.5 Å². The summed E-state index contributed by atoms with van der Waals surface area (Å²) in [6, 6.07) is 13.3. The van der Waals surface area contributed by atoms with Gasteiger partial charge in [-0.3, -0.25) is 4.79 Å². The molecule has 1 amide bonds. The molecule has 3 aromatic rings. The standard InChI is InChI=1S/C19H17FN4O3S/c1-26-15-5-7-16(8-6-15)27-11-17-21-22-19-24(17)23(18(25)12-28-19)10-13-3-2-4-14(20)9-13/h2-9H,10-12H2,1H3. The van der Waals surface area contributed by atoms with Crippen LogP contribution in [-0.4, -0.2) is 33.6 Å². The third-order valence-corrected chi connectivity index (χ3v) is 5.08. The number of amides is 1. The number of hydrogen-bond acceptors (Lipinski definition) is 6. The van der Waals surface area contributed by atoms with Gasteiger partial charge in [-0.25, -0.2) is 14.1 Å². The van der Waals surface area contributed by atoms with Crippen LogP contribution in [0.25, 0.3) is 0 Å². The van der Waals surface area contributed by atoms with Gasteiger partial charge in [0.15, 0.2) is 5.82 Å². The predicted octanol–water partition coefficient (Wildman–Crippen LogP) is 2.78. The minimum Gasteiger partial charge on any atom is -0.497 e. The van der Waals surface area contributed by atoms with Crippen molar-refractivity contribution in [3.63, 3.8) is 0 Å². The molecule has 0 bridgehead atoms. The van der Waals surface area contributed by atoms with Crippen molar-refractivity contribution in [2.45, 2.75) is 18.3 Å². The Labute approximate surface area is 165 Å². The Morgan fingerprint density at radius 2 is 1.93 bits per heavy atom. The molecule has 0 atom stereocenters. The number of carbonyl (C=O) groups excluding carboxylic acids is 1. The molecule has 0 fully saturated rings. The molecule has 0 N–H and O–H groups in total. The molecule has 1 aliphatic rings. The fourth-order valence-corrected chi connectivity index (χ4v) is 3.64. The van der Waals surface area contributed by atoms with Crippen LogP contribution in [0.4, 0.5) is 4.39 Å². The quantitative estimate of drug-likeness (QED) is 0.634. The average molecular weight is 400 g/mol. The van der Waals surface area contributed by atoms with Gasteiger partial charge in [-0.2, -0.15) is 0 Å². The number of thioether (sulfide) groups is 1. The molecular weight excluding hydrogens is 383 g/mol. The zero-order valence-electron chi connectivity index (χ0n) is 15.0. The lowest BCUT2D eigenvalue weighted by molar-refractivity contribution is -0.118. The minimum atomic E-state index is -0.344. The van der Waals surface area contributed by atoms with Gasteiger partial charge in [-0.1, -0.05) is 23.9 Å². The topological polar surface area (TPSA) is 69.5 Å². The van der Waals surface area contributed by atoms with E-state index in [1.165, 1.54) is 28.9 Å². The molecule has 0 radical (unpaired) electrons. The lowest BCUT2D eigenvalue weighted by atomic mass is 10.2. The maximum atomic E-state index is 13.5. The van der Waals surface area contributed by atoms with Crippen LogP contribution >= 0.6 is 11.8 Å². The summed E-state index contributed by atoms with van der Waals surface area (Å²) in [5, 5.41) is 10.4. The maximum Gasteiger partial charge on any atom is 0.252 e. The Kier molecular flexibility index (Phi) is 5.16. The molecule has 4 rings (SSSR count). The maximum absolute atomic E-state index is 13.5. The Balaban J connectivity index is 1.55. The number of carbonyl (C=O) groups is 1. The Bertz CT molecular complexity index is 993. The van der Waals surface area contributed by atoms with Gasteiger partial charge < -0.3 is 9.47 Å². The third-order valence-electron chi connectivity index (χ3n) is 4.18. The first kappa shape index (κ1) is 18.3. The number of benzene rings is 2. The highest BCUT2D eigenvalue weighted by Crippen LogP contribution is 2.25. The SMILES string of the molecule is COc1ccc(OCc2nnc3n2N(Cc2cccc(F)c2)C(=O)CS3)cc1. The van der Waals surface area contributed by atoms with Crippen LogP contribution in [-0.2, 0) is 17.9 Å². The molecular formula is C19H17FN4O3S. The van der Waals surface area contributed by atoms with Crippen molar-refractivity contribution in [2.24, 2.45) is 0 Å². The minimum absolute atomic E-state index is 0.104. The van der Waals surface area contributed by atoms with E-state index < -0.39 is 0 Å². The molecule has 28 heavy (non-hydrogen) atoms. The Morgan fingerprint density at radius 3 is 2.68 bits per heavy atom. The summed E-state index contributed by atoms with van der Waals surface area (Å²) in [7, 11) is 1.60. The lowest BCUT2D eigenvalue weighted by Crippen LogP contribution is -2.45. The molecule has 0 unspecified atom stereocenters. The Hall–Kier alpha value is -3.07. The summed E-state index contributed by atoms with van der Waals surface area (Å²) in [5.41, 5.74) is 0.682. The number of rotatable bonds is 6. The van der Waals surface area contributed by atoms with Gasteiger partial charge in [-0.15, -0.1) is 10.2 Å². The zero-order chi connectivity index (χ0) is 19.5. The number of hydrogen-bond donors (Lipinski definition) is 0. The second-order valence-electron chi connectivity index (χ2n) is 6.04. The van der Waals surface area contributed by atoms with Crippen molar-refractivity contribution in [3.8, 4) is 11.5 Å². The van der Waals surface area contributed by atoms with Gasteiger partial charge in [0.2, 0.25) is 5.16 Å². The number of fused-ring (bicyclic) bond motifs is 1. The monoisotopic (exact) mass is 400 g/mol. The summed E-state index contributed by atoms with van der Waals surface area (Å²) in [5.74, 6) is 1.67. The molecule has 144 valence electrons. The second-order valence-corrected chi connectivity index (χ2v) is 6.99. The van der Waals surface area contributed by atoms with Gasteiger partial charge in [0.25, 0.3) is 5.91 Å². The number of halogens is 1. The summed E-state index contributed by atoms with van der Waals surface area (Å²) in [6.45, 7) is 0.352. The van der Waals surface area contributed by atoms with Gasteiger partial charge in [0.05, 0.1) is 19.4 Å². The first-order valence-corrected chi connectivity index (χ1v) is 9.51. The van der Waals surface area contributed by atoms with E-state index in [9.17, 15) is 9.18 Å². The van der Waals surface area contributed by atoms with Crippen LogP contribution in [0.3, 0.4) is 0 Å². The first-order chi connectivity index (χ1) is 13.6. The van der Waals surface area contributed by atoms with Gasteiger partial charge in [0, 0.05) is 0 Å². The van der Waals surface area contributed by atoms with Crippen molar-refractivity contribution >= 4 is 17.7 Å². The number of aromatic nitrogens is 3. The normalized spacial score (nSPS) is 13.4. The summed E-state index contributed by atoms with van der Waals surface area (Å²) < 4.78 is 26.1. The summed E-state index contributed by atoms with van der Waals surface area (Å²) in [6.07, 6.45) is 0. The molecule has 2 heterocycles. The molecule has 9 heteroatoms. The van der Waals surface area contributed by atoms with E-state index in [4.69, 9.17) is 9.47 Å². The van der Waals surface area contributed by atoms with E-state index in [0.717, 1.165) is 5.75 Å². The second kappa shape index (κ2) is 7.89. The highest BCUT2D eigenvalue weighted by Gasteiger charge is 2.29. The van der Waals surface area contributed by atoms with Gasteiger partial charge in [0.1, 0.15) is 23.9 Å². The molecule has 2 aromatic carbocycles. The van der Waals surface area contributed by atoms with E-state index in [0.29, 0.717) is 22.3 Å².